The van der Waals surface area contributed by atoms with E-state index < -0.39 is 0 Å². The monoisotopic (exact) mass is 143 g/mol. The zero-order chi connectivity index (χ0) is 7.98. The summed E-state index contributed by atoms with van der Waals surface area (Å²) in [6.45, 7) is 7.43. The molecule has 0 aromatic rings. The maximum atomic E-state index is 2.43. The van der Waals surface area contributed by atoms with Crippen LogP contribution in [0.2, 0.25) is 0 Å². The first-order valence-electron chi connectivity index (χ1n) is 4.55. The van der Waals surface area contributed by atoms with Crippen LogP contribution in [-0.4, -0.2) is 24.5 Å². The summed E-state index contributed by atoms with van der Waals surface area (Å²) in [6.07, 6.45) is 4.32. The van der Waals surface area contributed by atoms with Gasteiger partial charge in [-0.3, -0.25) is 0 Å². The molecule has 0 atom stereocenters. The van der Waals surface area contributed by atoms with Gasteiger partial charge in [0.2, 0.25) is 0 Å². The fourth-order valence-electron chi connectivity index (χ4n) is 1.09. The standard InChI is InChI=1S/C7H15N.C2H6/c1-3-8(2)7-5-4-6-7;1-2/h7H,3-6H2,1-2H3;1-2H3. The average molecular weight is 143 g/mol. The molecule has 10 heavy (non-hydrogen) atoms. The molecule has 0 aromatic carbocycles. The van der Waals surface area contributed by atoms with Gasteiger partial charge in [-0.2, -0.15) is 0 Å². The molecule has 0 aromatic heterocycles. The number of nitrogens with zero attached hydrogens (tertiary/aromatic N) is 1. The molecule has 1 rings (SSSR count). The van der Waals surface area contributed by atoms with E-state index >= 15 is 0 Å². The van der Waals surface area contributed by atoms with Crippen molar-refractivity contribution in [1.82, 2.24) is 4.90 Å². The molecule has 0 bridgehead atoms. The lowest BCUT2D eigenvalue weighted by Crippen LogP contribution is -2.36. The van der Waals surface area contributed by atoms with E-state index in [1.807, 2.05) is 13.8 Å². The minimum Gasteiger partial charge on any atom is -0.304 e. The quantitative estimate of drug-likeness (QED) is 0.574. The number of rotatable bonds is 2. The minimum atomic E-state index is 0.931. The molecule has 1 heteroatoms. The van der Waals surface area contributed by atoms with E-state index in [9.17, 15) is 0 Å². The Balaban J connectivity index is 0.000000371. The molecule has 1 aliphatic rings. The molecular weight excluding hydrogens is 122 g/mol. The molecule has 1 saturated carbocycles. The van der Waals surface area contributed by atoms with E-state index in [0.29, 0.717) is 0 Å². The van der Waals surface area contributed by atoms with E-state index in [1.54, 1.807) is 0 Å². The van der Waals surface area contributed by atoms with Crippen LogP contribution in [0.5, 0.6) is 0 Å². The Morgan fingerprint density at radius 2 is 1.80 bits per heavy atom. The summed E-state index contributed by atoms with van der Waals surface area (Å²) in [5.41, 5.74) is 0. The van der Waals surface area contributed by atoms with Gasteiger partial charge in [-0.1, -0.05) is 27.2 Å². The maximum absolute atomic E-state index is 2.43. The number of hydrogen-bond acceptors (Lipinski definition) is 1. The maximum Gasteiger partial charge on any atom is 0.00921 e. The lowest BCUT2D eigenvalue weighted by molar-refractivity contribution is 0.167. The van der Waals surface area contributed by atoms with Crippen LogP contribution < -0.4 is 0 Å². The summed E-state index contributed by atoms with van der Waals surface area (Å²) in [6, 6.07) is 0.931. The minimum absolute atomic E-state index is 0.931. The smallest absolute Gasteiger partial charge is 0.00921 e. The predicted octanol–water partition coefficient (Wildman–Crippen LogP) is 2.52. The van der Waals surface area contributed by atoms with Crippen molar-refractivity contribution in [1.29, 1.82) is 0 Å². The summed E-state index contributed by atoms with van der Waals surface area (Å²) in [4.78, 5) is 2.43. The molecule has 1 fully saturated rings. The van der Waals surface area contributed by atoms with Gasteiger partial charge in [-0.25, -0.2) is 0 Å². The van der Waals surface area contributed by atoms with Crippen molar-refractivity contribution in [2.45, 2.75) is 46.1 Å². The van der Waals surface area contributed by atoms with Crippen LogP contribution >= 0.6 is 0 Å². The summed E-state index contributed by atoms with van der Waals surface area (Å²) in [5.74, 6) is 0. The Labute approximate surface area is 65.4 Å². The first-order valence-corrected chi connectivity index (χ1v) is 4.55. The van der Waals surface area contributed by atoms with E-state index in [2.05, 4.69) is 18.9 Å². The van der Waals surface area contributed by atoms with Crippen molar-refractivity contribution in [3.63, 3.8) is 0 Å². The lowest BCUT2D eigenvalue weighted by Gasteiger charge is -2.33. The molecule has 0 heterocycles. The van der Waals surface area contributed by atoms with Gasteiger partial charge in [-0.15, -0.1) is 0 Å². The third kappa shape index (κ3) is 2.70. The van der Waals surface area contributed by atoms with Gasteiger partial charge in [0.1, 0.15) is 0 Å². The summed E-state index contributed by atoms with van der Waals surface area (Å²) >= 11 is 0. The molecule has 0 saturated heterocycles. The topological polar surface area (TPSA) is 3.24 Å². The fraction of sp³-hybridized carbons (Fsp3) is 1.00. The van der Waals surface area contributed by atoms with Gasteiger partial charge in [0, 0.05) is 6.04 Å². The Morgan fingerprint density at radius 3 is 1.90 bits per heavy atom. The van der Waals surface area contributed by atoms with Crippen molar-refractivity contribution in [3.05, 3.63) is 0 Å². The van der Waals surface area contributed by atoms with Gasteiger partial charge in [0.05, 0.1) is 0 Å². The Morgan fingerprint density at radius 1 is 1.30 bits per heavy atom. The highest BCUT2D eigenvalue weighted by atomic mass is 15.1. The third-order valence-corrected chi connectivity index (χ3v) is 2.20. The Kier molecular flexibility index (Phi) is 5.70. The molecule has 0 amide bonds. The van der Waals surface area contributed by atoms with Gasteiger partial charge in [0.15, 0.2) is 0 Å². The van der Waals surface area contributed by atoms with E-state index in [-0.39, 0.29) is 0 Å². The normalized spacial score (nSPS) is 17.7. The highest BCUT2D eigenvalue weighted by Gasteiger charge is 2.19. The van der Waals surface area contributed by atoms with Crippen LogP contribution in [0.15, 0.2) is 0 Å². The molecule has 1 nitrogen and oxygen atoms in total. The first kappa shape index (κ1) is 9.96. The highest BCUT2D eigenvalue weighted by Crippen LogP contribution is 2.22. The van der Waals surface area contributed by atoms with Crippen LogP contribution in [0.1, 0.15) is 40.0 Å². The molecule has 0 unspecified atom stereocenters. The molecular formula is C9H21N. The van der Waals surface area contributed by atoms with Gasteiger partial charge in [-0.05, 0) is 26.4 Å². The Bertz CT molecular complexity index is 64.4. The first-order chi connectivity index (χ1) is 4.84. The second-order valence-corrected chi connectivity index (χ2v) is 2.66. The molecule has 0 radical (unpaired) electrons. The van der Waals surface area contributed by atoms with E-state index in [0.717, 1.165) is 6.04 Å². The van der Waals surface area contributed by atoms with E-state index in [4.69, 9.17) is 0 Å². The Hall–Kier alpha value is -0.0400. The van der Waals surface area contributed by atoms with Gasteiger partial charge < -0.3 is 4.90 Å². The highest BCUT2D eigenvalue weighted by molar-refractivity contribution is 4.76. The molecule has 0 N–H and O–H groups in total. The lowest BCUT2D eigenvalue weighted by atomic mass is 9.92. The third-order valence-electron chi connectivity index (χ3n) is 2.20. The van der Waals surface area contributed by atoms with Crippen molar-refractivity contribution >= 4 is 0 Å². The predicted molar refractivity (Wildman–Crippen MR) is 47.3 cm³/mol. The zero-order valence-corrected chi connectivity index (χ0v) is 7.85. The summed E-state index contributed by atoms with van der Waals surface area (Å²) in [7, 11) is 2.21. The summed E-state index contributed by atoms with van der Waals surface area (Å²) in [5, 5.41) is 0. The van der Waals surface area contributed by atoms with Crippen molar-refractivity contribution < 1.29 is 0 Å². The molecule has 62 valence electrons. The molecule has 0 spiro atoms. The van der Waals surface area contributed by atoms with Crippen molar-refractivity contribution in [2.24, 2.45) is 0 Å². The van der Waals surface area contributed by atoms with Crippen molar-refractivity contribution in [2.75, 3.05) is 13.6 Å². The zero-order valence-electron chi connectivity index (χ0n) is 7.85. The second-order valence-electron chi connectivity index (χ2n) is 2.66. The molecule has 1 aliphatic carbocycles. The van der Waals surface area contributed by atoms with Crippen LogP contribution in [0.4, 0.5) is 0 Å². The fourth-order valence-corrected chi connectivity index (χ4v) is 1.09. The largest absolute Gasteiger partial charge is 0.304 e. The SMILES string of the molecule is CC.CCN(C)C1CCC1. The van der Waals surface area contributed by atoms with Crippen LogP contribution in [0.25, 0.3) is 0 Å². The average Bonchev–Trinajstić information content (AvgIpc) is 1.89. The van der Waals surface area contributed by atoms with Crippen LogP contribution in [-0.2, 0) is 0 Å². The van der Waals surface area contributed by atoms with E-state index in [1.165, 1.54) is 25.8 Å². The molecule has 0 aliphatic heterocycles. The second kappa shape index (κ2) is 5.72. The van der Waals surface area contributed by atoms with Gasteiger partial charge in [0.25, 0.3) is 0 Å². The summed E-state index contributed by atoms with van der Waals surface area (Å²) < 4.78 is 0. The number of hydrogen-bond donors (Lipinski definition) is 0. The van der Waals surface area contributed by atoms with Crippen molar-refractivity contribution in [3.8, 4) is 0 Å². The van der Waals surface area contributed by atoms with Gasteiger partial charge >= 0.3 is 0 Å². The van der Waals surface area contributed by atoms with Crippen LogP contribution in [0.3, 0.4) is 0 Å². The van der Waals surface area contributed by atoms with Crippen LogP contribution in [0, 0.1) is 0 Å².